The number of hydrogen-bond acceptors (Lipinski definition) is 1. The van der Waals surface area contributed by atoms with E-state index in [2.05, 4.69) is 37.8 Å². The van der Waals surface area contributed by atoms with Crippen LogP contribution < -0.4 is 0 Å². The molecule has 0 bridgehead atoms. The van der Waals surface area contributed by atoms with Gasteiger partial charge >= 0.3 is 0 Å². The summed E-state index contributed by atoms with van der Waals surface area (Å²) in [5.74, 6) is 0.980. The molecule has 0 fully saturated rings. The molecule has 0 saturated heterocycles. The van der Waals surface area contributed by atoms with Crippen LogP contribution in [0.3, 0.4) is 0 Å². The minimum absolute atomic E-state index is 0.980. The van der Waals surface area contributed by atoms with Gasteiger partial charge in [0.15, 0.2) is 0 Å². The highest BCUT2D eigenvalue weighted by Crippen LogP contribution is 2.23. The third-order valence-electron chi connectivity index (χ3n) is 2.45. The van der Waals surface area contributed by atoms with E-state index in [0.717, 1.165) is 11.3 Å². The Morgan fingerprint density at radius 2 is 1.75 bits per heavy atom. The first-order valence-electron chi connectivity index (χ1n) is 5.67. The number of benzene rings is 1. The summed E-state index contributed by atoms with van der Waals surface area (Å²) in [6.45, 7) is 7.13. The Morgan fingerprint density at radius 3 is 2.38 bits per heavy atom. The highest BCUT2D eigenvalue weighted by molar-refractivity contribution is 6.75. The van der Waals surface area contributed by atoms with E-state index in [4.69, 9.17) is 4.42 Å². The largest absolute Gasteiger partial charge is 0.464 e. The van der Waals surface area contributed by atoms with Crippen molar-refractivity contribution >= 4 is 8.07 Å². The smallest absolute Gasteiger partial charge is 0.134 e. The normalized spacial score (nSPS) is 11.7. The van der Waals surface area contributed by atoms with Crippen molar-refractivity contribution in [2.75, 3.05) is 0 Å². The fourth-order valence-electron chi connectivity index (χ4n) is 1.83. The molecule has 0 N–H and O–H groups in total. The molecule has 1 heterocycles. The molecule has 16 heavy (non-hydrogen) atoms. The van der Waals surface area contributed by atoms with Crippen LogP contribution in [0.15, 0.2) is 47.1 Å². The highest BCUT2D eigenvalue weighted by Gasteiger charge is 2.15. The van der Waals surface area contributed by atoms with Crippen LogP contribution >= 0.6 is 0 Å². The van der Waals surface area contributed by atoms with Crippen LogP contribution in [0.2, 0.25) is 19.6 Å². The van der Waals surface area contributed by atoms with Crippen LogP contribution in [0.5, 0.6) is 0 Å². The third-order valence-corrected chi connectivity index (χ3v) is 3.92. The molecule has 0 atom stereocenters. The van der Waals surface area contributed by atoms with Crippen LogP contribution in [-0.2, 0) is 6.04 Å². The van der Waals surface area contributed by atoms with E-state index in [1.54, 1.807) is 0 Å². The lowest BCUT2D eigenvalue weighted by Crippen LogP contribution is -2.23. The average molecular weight is 230 g/mol. The molecule has 84 valence electrons. The fourth-order valence-corrected chi connectivity index (χ4v) is 3.24. The first kappa shape index (κ1) is 11.2. The van der Waals surface area contributed by atoms with Gasteiger partial charge in [0.2, 0.25) is 0 Å². The Hall–Kier alpha value is -1.28. The van der Waals surface area contributed by atoms with E-state index in [9.17, 15) is 0 Å². The predicted octanol–water partition coefficient (Wildman–Crippen LogP) is 4.37. The Bertz CT molecular complexity index is 451. The molecule has 1 aromatic heterocycles. The zero-order chi connectivity index (χ0) is 11.6. The third kappa shape index (κ3) is 2.86. The number of furan rings is 1. The van der Waals surface area contributed by atoms with Crippen molar-refractivity contribution in [3.05, 3.63) is 48.2 Å². The van der Waals surface area contributed by atoms with E-state index in [0.29, 0.717) is 0 Å². The highest BCUT2D eigenvalue weighted by atomic mass is 28.3. The van der Waals surface area contributed by atoms with Gasteiger partial charge in [-0.15, -0.1) is 0 Å². The Balaban J connectivity index is 2.21. The Morgan fingerprint density at radius 1 is 1.06 bits per heavy atom. The van der Waals surface area contributed by atoms with E-state index >= 15 is 0 Å². The minimum Gasteiger partial charge on any atom is -0.464 e. The minimum atomic E-state index is -1.05. The average Bonchev–Trinajstić information content (AvgIpc) is 2.65. The second-order valence-electron chi connectivity index (χ2n) is 5.42. The van der Waals surface area contributed by atoms with Crippen molar-refractivity contribution in [2.24, 2.45) is 0 Å². The van der Waals surface area contributed by atoms with Crippen molar-refractivity contribution in [1.29, 1.82) is 0 Å². The first-order valence-corrected chi connectivity index (χ1v) is 9.38. The van der Waals surface area contributed by atoms with E-state index in [-0.39, 0.29) is 0 Å². The fraction of sp³-hybridized carbons (Fsp3) is 0.286. The van der Waals surface area contributed by atoms with Crippen LogP contribution in [0.25, 0.3) is 11.3 Å². The quantitative estimate of drug-likeness (QED) is 0.714. The molecule has 2 rings (SSSR count). The molecule has 0 aliphatic heterocycles. The van der Waals surface area contributed by atoms with Gasteiger partial charge in [-0.05, 0) is 17.7 Å². The molecule has 0 amide bonds. The van der Waals surface area contributed by atoms with Crippen LogP contribution in [0.1, 0.15) is 5.56 Å². The van der Waals surface area contributed by atoms with E-state index < -0.39 is 8.07 Å². The van der Waals surface area contributed by atoms with Crippen LogP contribution in [0.4, 0.5) is 0 Å². The topological polar surface area (TPSA) is 13.1 Å². The van der Waals surface area contributed by atoms with Gasteiger partial charge in [0.05, 0.1) is 6.26 Å². The second-order valence-corrected chi connectivity index (χ2v) is 10.9. The van der Waals surface area contributed by atoms with E-state index in [1.807, 2.05) is 24.5 Å². The molecule has 0 unspecified atom stereocenters. The zero-order valence-electron chi connectivity index (χ0n) is 10.2. The van der Waals surface area contributed by atoms with Crippen LogP contribution in [0, 0.1) is 0 Å². The SMILES string of the molecule is C[Si](C)(C)Cc1coc(-c2ccccc2)c1. The second kappa shape index (κ2) is 4.30. The zero-order valence-corrected chi connectivity index (χ0v) is 11.2. The molecule has 2 aromatic rings. The number of rotatable bonds is 3. The van der Waals surface area contributed by atoms with Gasteiger partial charge in [-0.3, -0.25) is 0 Å². The van der Waals surface area contributed by atoms with Gasteiger partial charge in [0.1, 0.15) is 5.76 Å². The van der Waals surface area contributed by atoms with Crippen LogP contribution in [-0.4, -0.2) is 8.07 Å². The van der Waals surface area contributed by atoms with Crippen molar-refractivity contribution in [3.63, 3.8) is 0 Å². The molecule has 0 aliphatic rings. The summed E-state index contributed by atoms with van der Waals surface area (Å²) >= 11 is 0. The van der Waals surface area contributed by atoms with Crippen molar-refractivity contribution < 1.29 is 4.42 Å². The maximum atomic E-state index is 5.62. The molecule has 0 spiro atoms. The molecule has 1 aromatic carbocycles. The van der Waals surface area contributed by atoms with Gasteiger partial charge in [0.25, 0.3) is 0 Å². The maximum Gasteiger partial charge on any atom is 0.134 e. The van der Waals surface area contributed by atoms with Gasteiger partial charge in [-0.25, -0.2) is 0 Å². The lowest BCUT2D eigenvalue weighted by Gasteiger charge is -2.13. The predicted molar refractivity (Wildman–Crippen MR) is 71.2 cm³/mol. The summed E-state index contributed by atoms with van der Waals surface area (Å²) in [7, 11) is -1.05. The molecular weight excluding hydrogens is 212 g/mol. The monoisotopic (exact) mass is 230 g/mol. The maximum absolute atomic E-state index is 5.62. The summed E-state index contributed by atoms with van der Waals surface area (Å²) in [6, 6.07) is 13.6. The summed E-state index contributed by atoms with van der Waals surface area (Å²) in [5.41, 5.74) is 2.49. The summed E-state index contributed by atoms with van der Waals surface area (Å²) in [4.78, 5) is 0. The van der Waals surface area contributed by atoms with Crippen molar-refractivity contribution in [1.82, 2.24) is 0 Å². The van der Waals surface area contributed by atoms with Gasteiger partial charge in [-0.1, -0.05) is 50.0 Å². The first-order chi connectivity index (χ1) is 7.54. The summed E-state index contributed by atoms with van der Waals surface area (Å²) < 4.78 is 5.62. The Labute approximate surface area is 98.1 Å². The van der Waals surface area contributed by atoms with Crippen molar-refractivity contribution in [3.8, 4) is 11.3 Å². The van der Waals surface area contributed by atoms with E-state index in [1.165, 1.54) is 11.6 Å². The van der Waals surface area contributed by atoms with Gasteiger partial charge in [0, 0.05) is 13.6 Å². The molecule has 0 radical (unpaired) electrons. The standard InChI is InChI=1S/C14H18OSi/c1-16(2,3)11-12-9-14(15-10-12)13-7-5-4-6-8-13/h4-10H,11H2,1-3H3. The lowest BCUT2D eigenvalue weighted by molar-refractivity contribution is 0.580. The van der Waals surface area contributed by atoms with Crippen molar-refractivity contribution in [2.45, 2.75) is 25.7 Å². The molecule has 1 nitrogen and oxygen atoms in total. The van der Waals surface area contributed by atoms with Gasteiger partial charge in [-0.2, -0.15) is 0 Å². The molecule has 2 heteroatoms. The summed E-state index contributed by atoms with van der Waals surface area (Å²) in [5, 5.41) is 0. The molecular formula is C14H18OSi. The summed E-state index contributed by atoms with van der Waals surface area (Å²) in [6.07, 6.45) is 1.90. The lowest BCUT2D eigenvalue weighted by atomic mass is 10.2. The number of hydrogen-bond donors (Lipinski definition) is 0. The molecule has 0 aliphatic carbocycles. The van der Waals surface area contributed by atoms with Gasteiger partial charge < -0.3 is 4.42 Å². The molecule has 0 saturated carbocycles. The Kier molecular flexibility index (Phi) is 3.01.